The summed E-state index contributed by atoms with van der Waals surface area (Å²) in [4.78, 5) is 40.3. The van der Waals surface area contributed by atoms with Crippen molar-refractivity contribution in [3.8, 4) is 0 Å². The first kappa shape index (κ1) is 18.7. The Morgan fingerprint density at radius 2 is 1.92 bits per heavy atom. The van der Waals surface area contributed by atoms with Gasteiger partial charge in [-0.3, -0.25) is 14.4 Å². The maximum atomic E-state index is 12.6. The Morgan fingerprint density at radius 3 is 2.52 bits per heavy atom. The zero-order valence-corrected chi connectivity index (χ0v) is 14.8. The van der Waals surface area contributed by atoms with E-state index in [2.05, 4.69) is 4.98 Å². The molecule has 0 fully saturated rings. The lowest BCUT2D eigenvalue weighted by Gasteiger charge is -2.26. The van der Waals surface area contributed by atoms with Crippen LogP contribution in [0.4, 0.5) is 0 Å². The highest BCUT2D eigenvalue weighted by Crippen LogP contribution is 2.23. The highest BCUT2D eigenvalue weighted by atomic mass is 16.4. The van der Waals surface area contributed by atoms with E-state index in [0.717, 1.165) is 16.5 Å². The second kappa shape index (κ2) is 7.96. The Bertz CT molecular complexity index is 781. The third-order valence-electron chi connectivity index (χ3n) is 4.66. The second-order valence-corrected chi connectivity index (χ2v) is 6.32. The first-order valence-electron chi connectivity index (χ1n) is 8.39. The SMILES string of the molecule is CC[C@H](C(=O)C[C@@H](Cc1c[nH]c2ccccc12)C(=O)O)N(C)C(C)=O. The predicted octanol–water partition coefficient (Wildman–Crippen LogP) is 2.63. The van der Waals surface area contributed by atoms with E-state index in [-0.39, 0.29) is 24.5 Å². The summed E-state index contributed by atoms with van der Waals surface area (Å²) in [6.45, 7) is 3.22. The Hall–Kier alpha value is -2.63. The molecule has 0 unspecified atom stereocenters. The Kier molecular flexibility index (Phi) is 5.96. The molecule has 0 bridgehead atoms. The van der Waals surface area contributed by atoms with Crippen molar-refractivity contribution in [1.29, 1.82) is 0 Å². The van der Waals surface area contributed by atoms with Crippen molar-refractivity contribution in [3.63, 3.8) is 0 Å². The van der Waals surface area contributed by atoms with Crippen LogP contribution in [0.5, 0.6) is 0 Å². The van der Waals surface area contributed by atoms with E-state index in [1.165, 1.54) is 11.8 Å². The number of para-hydroxylation sites is 1. The van der Waals surface area contributed by atoms with Crippen LogP contribution in [-0.4, -0.2) is 45.7 Å². The van der Waals surface area contributed by atoms with Crippen molar-refractivity contribution in [3.05, 3.63) is 36.0 Å². The molecule has 6 nitrogen and oxygen atoms in total. The molecule has 1 heterocycles. The Labute approximate surface area is 146 Å². The molecule has 2 rings (SSSR count). The molecule has 1 aromatic carbocycles. The first-order chi connectivity index (χ1) is 11.8. The van der Waals surface area contributed by atoms with Crippen LogP contribution < -0.4 is 0 Å². The molecule has 0 spiro atoms. The van der Waals surface area contributed by atoms with Gasteiger partial charge in [0.05, 0.1) is 12.0 Å². The van der Waals surface area contributed by atoms with Crippen molar-refractivity contribution in [2.45, 2.75) is 39.2 Å². The highest BCUT2D eigenvalue weighted by molar-refractivity contribution is 5.91. The van der Waals surface area contributed by atoms with Crippen molar-refractivity contribution in [2.75, 3.05) is 7.05 Å². The number of rotatable bonds is 8. The number of aromatic nitrogens is 1. The van der Waals surface area contributed by atoms with Crippen molar-refractivity contribution in [1.82, 2.24) is 9.88 Å². The molecule has 2 atom stereocenters. The number of carbonyl (C=O) groups excluding carboxylic acids is 2. The fourth-order valence-electron chi connectivity index (χ4n) is 3.13. The minimum absolute atomic E-state index is 0.0923. The normalized spacial score (nSPS) is 13.4. The summed E-state index contributed by atoms with van der Waals surface area (Å²) >= 11 is 0. The number of amides is 1. The minimum atomic E-state index is -1.00. The Balaban J connectivity index is 2.17. The zero-order valence-electron chi connectivity index (χ0n) is 14.8. The molecule has 25 heavy (non-hydrogen) atoms. The molecule has 0 aliphatic rings. The number of carboxylic acid groups (broad SMARTS) is 1. The van der Waals surface area contributed by atoms with Gasteiger partial charge >= 0.3 is 5.97 Å². The average molecular weight is 344 g/mol. The smallest absolute Gasteiger partial charge is 0.307 e. The number of hydrogen-bond donors (Lipinski definition) is 2. The van der Waals surface area contributed by atoms with Crippen molar-refractivity contribution in [2.24, 2.45) is 5.92 Å². The monoisotopic (exact) mass is 344 g/mol. The van der Waals surface area contributed by atoms with Crippen molar-refractivity contribution < 1.29 is 19.5 Å². The molecule has 6 heteroatoms. The maximum absolute atomic E-state index is 12.6. The summed E-state index contributed by atoms with van der Waals surface area (Å²) in [5.41, 5.74) is 1.82. The van der Waals surface area contributed by atoms with Crippen LogP contribution in [0.3, 0.4) is 0 Å². The lowest BCUT2D eigenvalue weighted by molar-refractivity contribution is -0.145. The van der Waals surface area contributed by atoms with Gasteiger partial charge in [0.25, 0.3) is 0 Å². The molecule has 2 aromatic rings. The molecule has 0 radical (unpaired) electrons. The van der Waals surface area contributed by atoms with Crippen LogP contribution in [0.15, 0.2) is 30.5 Å². The molecule has 0 saturated heterocycles. The third-order valence-corrected chi connectivity index (χ3v) is 4.66. The summed E-state index contributed by atoms with van der Waals surface area (Å²) in [7, 11) is 1.57. The van der Waals surface area contributed by atoms with Crippen molar-refractivity contribution >= 4 is 28.6 Å². The second-order valence-electron chi connectivity index (χ2n) is 6.32. The molecule has 1 aromatic heterocycles. The van der Waals surface area contributed by atoms with Gasteiger partial charge in [-0.2, -0.15) is 0 Å². The van der Waals surface area contributed by atoms with E-state index in [1.807, 2.05) is 31.2 Å². The van der Waals surface area contributed by atoms with Crippen LogP contribution in [0.2, 0.25) is 0 Å². The predicted molar refractivity (Wildman–Crippen MR) is 95.3 cm³/mol. The van der Waals surface area contributed by atoms with Gasteiger partial charge in [0.2, 0.25) is 5.91 Å². The van der Waals surface area contributed by atoms with Crippen LogP contribution in [0.1, 0.15) is 32.3 Å². The quantitative estimate of drug-likeness (QED) is 0.770. The molecule has 2 N–H and O–H groups in total. The maximum Gasteiger partial charge on any atom is 0.307 e. The van der Waals surface area contributed by atoms with Crippen LogP contribution >= 0.6 is 0 Å². The number of nitrogens with zero attached hydrogens (tertiary/aromatic N) is 1. The first-order valence-corrected chi connectivity index (χ1v) is 8.39. The number of aromatic amines is 1. The van der Waals surface area contributed by atoms with Gasteiger partial charge in [0, 0.05) is 37.5 Å². The standard InChI is InChI=1S/C19H24N2O4/c1-4-17(21(3)12(2)22)18(23)10-13(19(24)25)9-14-11-20-16-8-6-5-7-15(14)16/h5-8,11,13,17,20H,4,9-10H2,1-3H3,(H,24,25)/t13-,17-/m1/s1. The van der Waals surface area contributed by atoms with Gasteiger partial charge in [-0.05, 0) is 24.5 Å². The minimum Gasteiger partial charge on any atom is -0.481 e. The van der Waals surface area contributed by atoms with Crippen LogP contribution in [0, 0.1) is 5.92 Å². The number of Topliss-reactive ketones (excluding diaryl/α,β-unsaturated/α-hetero) is 1. The molecular formula is C19H24N2O4. The zero-order chi connectivity index (χ0) is 18.6. The number of aliphatic carboxylic acids is 1. The van der Waals surface area contributed by atoms with E-state index in [9.17, 15) is 19.5 Å². The summed E-state index contributed by atoms with van der Waals surface area (Å²) in [5.74, 6) is -2.24. The molecule has 1 amide bonds. The molecule has 0 aliphatic heterocycles. The number of fused-ring (bicyclic) bond motifs is 1. The lowest BCUT2D eigenvalue weighted by Crippen LogP contribution is -2.42. The van der Waals surface area contributed by atoms with E-state index in [4.69, 9.17) is 0 Å². The summed E-state index contributed by atoms with van der Waals surface area (Å²) in [6.07, 6.45) is 2.44. The van der Waals surface area contributed by atoms with Crippen LogP contribution in [0.25, 0.3) is 10.9 Å². The number of carbonyl (C=O) groups is 3. The highest BCUT2D eigenvalue weighted by Gasteiger charge is 2.29. The summed E-state index contributed by atoms with van der Waals surface area (Å²) in [6, 6.07) is 7.08. The average Bonchev–Trinajstić information content (AvgIpc) is 2.97. The van der Waals surface area contributed by atoms with Gasteiger partial charge in [0.15, 0.2) is 5.78 Å². The van der Waals surface area contributed by atoms with Gasteiger partial charge in [-0.15, -0.1) is 0 Å². The molecule has 0 aliphatic carbocycles. The summed E-state index contributed by atoms with van der Waals surface area (Å²) < 4.78 is 0. The number of nitrogens with one attached hydrogen (secondary N) is 1. The van der Waals surface area contributed by atoms with Crippen LogP contribution in [-0.2, 0) is 20.8 Å². The van der Waals surface area contributed by atoms with Gasteiger partial charge in [-0.25, -0.2) is 0 Å². The summed E-state index contributed by atoms with van der Waals surface area (Å²) in [5, 5.41) is 10.5. The topological polar surface area (TPSA) is 90.5 Å². The number of hydrogen-bond acceptors (Lipinski definition) is 3. The Morgan fingerprint density at radius 1 is 1.24 bits per heavy atom. The number of ketones is 1. The molecular weight excluding hydrogens is 320 g/mol. The molecule has 134 valence electrons. The van der Waals surface area contributed by atoms with E-state index in [0.29, 0.717) is 6.42 Å². The van der Waals surface area contributed by atoms with Gasteiger partial charge in [-0.1, -0.05) is 25.1 Å². The fraction of sp³-hybridized carbons (Fsp3) is 0.421. The van der Waals surface area contributed by atoms with E-state index < -0.39 is 17.9 Å². The molecule has 0 saturated carbocycles. The van der Waals surface area contributed by atoms with Gasteiger partial charge < -0.3 is 15.0 Å². The largest absolute Gasteiger partial charge is 0.481 e. The van der Waals surface area contributed by atoms with Gasteiger partial charge in [0.1, 0.15) is 0 Å². The van der Waals surface area contributed by atoms with E-state index >= 15 is 0 Å². The third kappa shape index (κ3) is 4.26. The number of benzene rings is 1. The lowest BCUT2D eigenvalue weighted by atomic mass is 9.91. The fourth-order valence-corrected chi connectivity index (χ4v) is 3.13. The number of H-pyrrole nitrogens is 1. The number of likely N-dealkylation sites (N-methyl/N-ethyl adjacent to an activating group) is 1. The number of carboxylic acids is 1. The van der Waals surface area contributed by atoms with E-state index in [1.54, 1.807) is 13.2 Å².